The molecule has 2 aromatic heterocycles. The first-order chi connectivity index (χ1) is 19.1. The van der Waals surface area contributed by atoms with Gasteiger partial charge < -0.3 is 24.5 Å². The number of rotatable bonds is 12. The zero-order chi connectivity index (χ0) is 30.2. The number of hydrogen-bond donors (Lipinski definition) is 1. The number of ketones is 1. The van der Waals surface area contributed by atoms with E-state index in [0.717, 1.165) is 36.6 Å². The number of nitrogens with two attached hydrogens (primary N) is 1. The highest BCUT2D eigenvalue weighted by molar-refractivity contribution is 6.76. The number of amides is 1. The van der Waals surface area contributed by atoms with Crippen LogP contribution in [0.4, 0.5) is 22.0 Å². The second-order valence-corrected chi connectivity index (χ2v) is 17.0. The van der Waals surface area contributed by atoms with Gasteiger partial charge in [-0.15, -0.1) is 0 Å². The molecule has 1 saturated heterocycles. The van der Waals surface area contributed by atoms with Crippen molar-refractivity contribution in [2.45, 2.75) is 51.4 Å². The molecule has 0 aliphatic carbocycles. The smallest absolute Gasteiger partial charge is 0.418 e. The molecular formula is C27H30F5N3O5Si. The molecular weight excluding hydrogens is 569 g/mol. The SMILES string of the molecule is C[Si](C)(C)CCOCn1cc(C(F)(F)F)c2c(Oc3c(F)cc(CC(=O)CC4(C(N)=O)COC4)cc3F)ccnc21. The zero-order valence-electron chi connectivity index (χ0n) is 22.7. The van der Waals surface area contributed by atoms with Crippen molar-refractivity contribution in [3.8, 4) is 11.5 Å². The van der Waals surface area contributed by atoms with Crippen molar-refractivity contribution in [3.05, 3.63) is 53.4 Å². The number of Topliss-reactive ketones (excluding diaryl/α,β-unsaturated/α-hetero) is 1. The average molecular weight is 600 g/mol. The number of hydrogen-bond acceptors (Lipinski definition) is 6. The third-order valence-corrected chi connectivity index (χ3v) is 8.44. The van der Waals surface area contributed by atoms with Crippen molar-refractivity contribution >= 4 is 30.8 Å². The molecule has 0 radical (unpaired) electrons. The van der Waals surface area contributed by atoms with Crippen LogP contribution in [0.5, 0.6) is 11.5 Å². The number of nitrogens with zero attached hydrogens (tertiary/aromatic N) is 2. The molecule has 0 saturated carbocycles. The van der Waals surface area contributed by atoms with Crippen LogP contribution in [0.25, 0.3) is 11.0 Å². The van der Waals surface area contributed by atoms with Crippen LogP contribution in [0.1, 0.15) is 17.5 Å². The van der Waals surface area contributed by atoms with E-state index in [2.05, 4.69) is 24.6 Å². The summed E-state index contributed by atoms with van der Waals surface area (Å²) in [6.45, 7) is 6.53. The third kappa shape index (κ3) is 6.93. The quantitative estimate of drug-likeness (QED) is 0.169. The molecule has 2 N–H and O–H groups in total. The monoisotopic (exact) mass is 599 g/mol. The Kier molecular flexibility index (Phi) is 8.57. The topological polar surface area (TPSA) is 106 Å². The Hall–Kier alpha value is -3.36. The lowest BCUT2D eigenvalue weighted by molar-refractivity contribution is -0.163. The van der Waals surface area contributed by atoms with E-state index in [1.807, 2.05) is 0 Å². The van der Waals surface area contributed by atoms with Crippen LogP contribution in [0.15, 0.2) is 30.6 Å². The van der Waals surface area contributed by atoms with Gasteiger partial charge in [-0.25, -0.2) is 13.8 Å². The van der Waals surface area contributed by atoms with E-state index in [1.54, 1.807) is 0 Å². The van der Waals surface area contributed by atoms with Gasteiger partial charge in [-0.1, -0.05) is 19.6 Å². The lowest BCUT2D eigenvalue weighted by atomic mass is 9.79. The van der Waals surface area contributed by atoms with E-state index in [-0.39, 0.29) is 37.6 Å². The number of ether oxygens (including phenoxy) is 3. The molecule has 0 bridgehead atoms. The van der Waals surface area contributed by atoms with Gasteiger partial charge in [0.05, 0.1) is 24.2 Å². The summed E-state index contributed by atoms with van der Waals surface area (Å²) in [7, 11) is -1.43. The second-order valence-electron chi connectivity index (χ2n) is 11.4. The fourth-order valence-corrected chi connectivity index (χ4v) is 5.15. The number of alkyl halides is 3. The van der Waals surface area contributed by atoms with Crippen molar-refractivity contribution in [2.24, 2.45) is 11.1 Å². The lowest BCUT2D eigenvalue weighted by Crippen LogP contribution is -2.53. The highest BCUT2D eigenvalue weighted by atomic mass is 28.3. The normalized spacial score (nSPS) is 15.1. The lowest BCUT2D eigenvalue weighted by Gasteiger charge is -2.37. The molecule has 1 amide bonds. The molecule has 1 fully saturated rings. The minimum absolute atomic E-state index is 0.0176. The number of fused-ring (bicyclic) bond motifs is 1. The molecule has 0 unspecified atom stereocenters. The molecule has 1 aromatic carbocycles. The first-order valence-corrected chi connectivity index (χ1v) is 16.5. The van der Waals surface area contributed by atoms with Crippen molar-refractivity contribution in [1.82, 2.24) is 9.55 Å². The number of carbonyl (C=O) groups is 2. The number of pyridine rings is 1. The molecule has 0 spiro atoms. The fraction of sp³-hybridized carbons (Fsp3) is 0.444. The van der Waals surface area contributed by atoms with Gasteiger partial charge in [-0.3, -0.25) is 9.59 Å². The van der Waals surface area contributed by atoms with E-state index in [1.165, 1.54) is 4.57 Å². The van der Waals surface area contributed by atoms with Crippen LogP contribution in [0, 0.1) is 17.0 Å². The summed E-state index contributed by atoms with van der Waals surface area (Å²) in [5.74, 6) is -5.04. The highest BCUT2D eigenvalue weighted by Gasteiger charge is 2.46. The van der Waals surface area contributed by atoms with Crippen LogP contribution in [0.3, 0.4) is 0 Å². The Morgan fingerprint density at radius 2 is 1.83 bits per heavy atom. The van der Waals surface area contributed by atoms with Gasteiger partial charge >= 0.3 is 6.18 Å². The molecule has 4 rings (SSSR count). The summed E-state index contributed by atoms with van der Waals surface area (Å²) in [4.78, 5) is 28.2. The standard InChI is InChI=1S/C27H30F5N3O5Si/c1-41(2,3)7-6-38-15-35-12-18(27(30,31)32)22-21(4-5-34-24(22)35)40-23-19(28)9-16(10-20(23)29)8-17(36)11-26(25(33)37)13-39-14-26/h4-5,9-10,12H,6-8,11,13-15H2,1-3H3,(H2,33,37). The Labute approximate surface area is 233 Å². The minimum atomic E-state index is -4.82. The molecule has 8 nitrogen and oxygen atoms in total. The van der Waals surface area contributed by atoms with Gasteiger partial charge in [0, 0.05) is 39.9 Å². The average Bonchev–Trinajstić information content (AvgIpc) is 3.21. The van der Waals surface area contributed by atoms with Gasteiger partial charge in [0.2, 0.25) is 5.91 Å². The molecule has 0 atom stereocenters. The number of halogens is 5. The maximum Gasteiger partial charge on any atom is 0.418 e. The maximum absolute atomic E-state index is 15.0. The van der Waals surface area contributed by atoms with Crippen molar-refractivity contribution in [1.29, 1.82) is 0 Å². The largest absolute Gasteiger partial charge is 0.450 e. The molecule has 41 heavy (non-hydrogen) atoms. The first kappa shape index (κ1) is 30.6. The van der Waals surface area contributed by atoms with Crippen LogP contribution < -0.4 is 10.5 Å². The van der Waals surface area contributed by atoms with Crippen LogP contribution in [-0.2, 0) is 38.4 Å². The molecule has 1 aliphatic heterocycles. The summed E-state index contributed by atoms with van der Waals surface area (Å²) in [5, 5.41) is -0.480. The van der Waals surface area contributed by atoms with Gasteiger partial charge in [0.25, 0.3) is 0 Å². The molecule has 1 aliphatic rings. The van der Waals surface area contributed by atoms with Crippen LogP contribution in [0.2, 0.25) is 25.7 Å². The van der Waals surface area contributed by atoms with E-state index < -0.39 is 71.9 Å². The number of benzene rings is 1. The van der Waals surface area contributed by atoms with Crippen LogP contribution in [-0.4, -0.2) is 49.1 Å². The second kappa shape index (κ2) is 11.5. The minimum Gasteiger partial charge on any atom is -0.450 e. The fourth-order valence-electron chi connectivity index (χ4n) is 4.40. The summed E-state index contributed by atoms with van der Waals surface area (Å²) in [6.07, 6.45) is -3.48. The highest BCUT2D eigenvalue weighted by Crippen LogP contribution is 2.42. The molecule has 222 valence electrons. The van der Waals surface area contributed by atoms with Crippen molar-refractivity contribution < 1.29 is 45.8 Å². The maximum atomic E-state index is 15.0. The Bertz CT molecular complexity index is 1440. The number of carbonyl (C=O) groups excluding carboxylic acids is 2. The Morgan fingerprint density at radius 1 is 1.17 bits per heavy atom. The Morgan fingerprint density at radius 3 is 2.37 bits per heavy atom. The van der Waals surface area contributed by atoms with Gasteiger partial charge in [0.15, 0.2) is 17.4 Å². The number of primary amides is 1. The van der Waals surface area contributed by atoms with Crippen molar-refractivity contribution in [3.63, 3.8) is 0 Å². The molecule has 3 aromatic rings. The van der Waals surface area contributed by atoms with Gasteiger partial charge in [0.1, 0.15) is 29.3 Å². The zero-order valence-corrected chi connectivity index (χ0v) is 23.7. The summed E-state index contributed by atoms with van der Waals surface area (Å²) >= 11 is 0. The van der Waals surface area contributed by atoms with E-state index >= 15 is 8.78 Å². The van der Waals surface area contributed by atoms with E-state index in [0.29, 0.717) is 6.61 Å². The van der Waals surface area contributed by atoms with E-state index in [9.17, 15) is 22.8 Å². The predicted molar refractivity (Wildman–Crippen MR) is 141 cm³/mol. The first-order valence-electron chi connectivity index (χ1n) is 12.8. The third-order valence-electron chi connectivity index (χ3n) is 6.74. The van der Waals surface area contributed by atoms with Crippen LogP contribution >= 0.6 is 0 Å². The molecule has 14 heteroatoms. The number of aromatic nitrogens is 2. The Balaban J connectivity index is 1.58. The summed E-state index contributed by atoms with van der Waals surface area (Å²) in [6, 6.07) is 3.59. The van der Waals surface area contributed by atoms with Gasteiger partial charge in [-0.2, -0.15) is 13.2 Å². The predicted octanol–water partition coefficient (Wildman–Crippen LogP) is 5.44. The van der Waals surface area contributed by atoms with E-state index in [4.69, 9.17) is 19.9 Å². The molecule has 3 heterocycles. The summed E-state index contributed by atoms with van der Waals surface area (Å²) < 4.78 is 89.1. The van der Waals surface area contributed by atoms with Crippen molar-refractivity contribution in [2.75, 3.05) is 19.8 Å². The summed E-state index contributed by atoms with van der Waals surface area (Å²) in [5.41, 5.74) is 2.93. The van der Waals surface area contributed by atoms with Gasteiger partial charge in [-0.05, 0) is 29.8 Å².